The van der Waals surface area contributed by atoms with E-state index in [2.05, 4.69) is 5.32 Å². The number of hydrogen-bond acceptors (Lipinski definition) is 3. The molecule has 1 aliphatic heterocycles. The molecular formula is C13H26N2O2S. The summed E-state index contributed by atoms with van der Waals surface area (Å²) in [7, 11) is -3.05. The molecule has 0 radical (unpaired) electrons. The second-order valence-corrected chi connectivity index (χ2v) is 8.25. The highest BCUT2D eigenvalue weighted by molar-refractivity contribution is 7.89. The molecule has 106 valence electrons. The van der Waals surface area contributed by atoms with E-state index in [0.717, 1.165) is 38.3 Å². The first kappa shape index (κ1) is 14.3. The van der Waals surface area contributed by atoms with Crippen LogP contribution in [0.25, 0.3) is 0 Å². The summed E-state index contributed by atoms with van der Waals surface area (Å²) in [5.74, 6) is 0.308. The first-order chi connectivity index (χ1) is 8.42. The smallest absolute Gasteiger partial charge is 0.214 e. The van der Waals surface area contributed by atoms with Gasteiger partial charge >= 0.3 is 0 Å². The topological polar surface area (TPSA) is 49.4 Å². The Morgan fingerprint density at radius 3 is 2.56 bits per heavy atom. The summed E-state index contributed by atoms with van der Waals surface area (Å²) in [5.41, 5.74) is -0.176. The summed E-state index contributed by atoms with van der Waals surface area (Å²) in [5, 5.41) is 3.42. The zero-order chi connectivity index (χ0) is 13.2. The van der Waals surface area contributed by atoms with Gasteiger partial charge in [0.2, 0.25) is 10.0 Å². The molecule has 0 aromatic rings. The Balaban J connectivity index is 1.72. The molecule has 0 unspecified atom stereocenters. The molecule has 5 heteroatoms. The number of sulfonamides is 1. The molecule has 2 rings (SSSR count). The monoisotopic (exact) mass is 274 g/mol. The molecule has 4 nitrogen and oxygen atoms in total. The highest BCUT2D eigenvalue weighted by atomic mass is 32.2. The van der Waals surface area contributed by atoms with Crippen LogP contribution < -0.4 is 5.32 Å². The van der Waals surface area contributed by atoms with Gasteiger partial charge in [0.25, 0.3) is 0 Å². The number of nitrogens with zero attached hydrogens (tertiary/aromatic N) is 1. The van der Waals surface area contributed by atoms with E-state index in [1.54, 1.807) is 4.31 Å². The Morgan fingerprint density at radius 2 is 2.00 bits per heavy atom. The third kappa shape index (κ3) is 3.68. The fraction of sp³-hybridized carbons (Fsp3) is 1.00. The molecule has 2 aliphatic rings. The maximum atomic E-state index is 12.3. The van der Waals surface area contributed by atoms with E-state index < -0.39 is 10.0 Å². The largest absolute Gasteiger partial charge is 0.314 e. The van der Waals surface area contributed by atoms with Crippen molar-refractivity contribution in [1.82, 2.24) is 9.62 Å². The van der Waals surface area contributed by atoms with E-state index in [-0.39, 0.29) is 5.54 Å². The van der Waals surface area contributed by atoms with Gasteiger partial charge in [0.05, 0.1) is 5.75 Å². The second kappa shape index (κ2) is 5.47. The lowest BCUT2D eigenvalue weighted by Gasteiger charge is -2.30. The van der Waals surface area contributed by atoms with Gasteiger partial charge in [-0.3, -0.25) is 0 Å². The van der Waals surface area contributed by atoms with Crippen molar-refractivity contribution in [2.45, 2.75) is 64.0 Å². The molecule has 1 aliphatic carbocycles. The van der Waals surface area contributed by atoms with E-state index in [0.29, 0.717) is 12.3 Å². The standard InChI is InChI=1S/C13H26N2O2S/c1-13(2)8-5-10-15(13)18(16,17)11-4-3-9-14-12-6-7-12/h12,14H,3-11H2,1-2H3. The summed E-state index contributed by atoms with van der Waals surface area (Å²) in [6.45, 7) is 5.73. The highest BCUT2D eigenvalue weighted by Crippen LogP contribution is 2.31. The predicted molar refractivity (Wildman–Crippen MR) is 74.1 cm³/mol. The highest BCUT2D eigenvalue weighted by Gasteiger charge is 2.39. The second-order valence-electron chi connectivity index (χ2n) is 6.24. The van der Waals surface area contributed by atoms with Crippen molar-refractivity contribution in [3.05, 3.63) is 0 Å². The number of rotatable bonds is 7. The molecule has 0 bridgehead atoms. The van der Waals surface area contributed by atoms with E-state index >= 15 is 0 Å². The summed E-state index contributed by atoms with van der Waals surface area (Å²) in [6, 6.07) is 0.721. The van der Waals surface area contributed by atoms with Crippen LogP contribution in [0.15, 0.2) is 0 Å². The maximum Gasteiger partial charge on any atom is 0.214 e. The lowest BCUT2D eigenvalue weighted by Crippen LogP contribution is -2.43. The predicted octanol–water partition coefficient (Wildman–Crippen LogP) is 1.72. The number of unbranched alkanes of at least 4 members (excludes halogenated alkanes) is 1. The number of nitrogens with one attached hydrogen (secondary N) is 1. The average Bonchev–Trinajstić information content (AvgIpc) is 3.01. The Bertz CT molecular complexity index is 374. The SMILES string of the molecule is CC1(C)CCCN1S(=O)(=O)CCCCNC1CC1. The third-order valence-electron chi connectivity index (χ3n) is 4.00. The van der Waals surface area contributed by atoms with Gasteiger partial charge in [0.1, 0.15) is 0 Å². The molecular weight excluding hydrogens is 248 g/mol. The molecule has 18 heavy (non-hydrogen) atoms. The van der Waals surface area contributed by atoms with Crippen LogP contribution in [0, 0.1) is 0 Å². The fourth-order valence-electron chi connectivity index (χ4n) is 2.71. The minimum absolute atomic E-state index is 0.176. The molecule has 1 N–H and O–H groups in total. The summed E-state index contributed by atoms with van der Waals surface area (Å²) >= 11 is 0. The normalized spacial score (nSPS) is 24.6. The van der Waals surface area contributed by atoms with Crippen molar-refractivity contribution in [3.63, 3.8) is 0 Å². The van der Waals surface area contributed by atoms with E-state index in [4.69, 9.17) is 0 Å². The molecule has 1 saturated heterocycles. The van der Waals surface area contributed by atoms with Crippen LogP contribution in [0.1, 0.15) is 52.4 Å². The molecule has 0 spiro atoms. The number of hydrogen-bond donors (Lipinski definition) is 1. The molecule has 1 heterocycles. The van der Waals surface area contributed by atoms with Gasteiger partial charge < -0.3 is 5.32 Å². The van der Waals surface area contributed by atoms with E-state index in [1.165, 1.54) is 12.8 Å². The fourth-order valence-corrected chi connectivity index (χ4v) is 4.75. The summed E-state index contributed by atoms with van der Waals surface area (Å²) in [4.78, 5) is 0. The maximum absolute atomic E-state index is 12.3. The molecule has 0 aromatic carbocycles. The lowest BCUT2D eigenvalue weighted by molar-refractivity contribution is 0.291. The van der Waals surface area contributed by atoms with Crippen molar-refractivity contribution in [2.75, 3.05) is 18.8 Å². The Labute approximate surface area is 111 Å². The Kier molecular flexibility index (Phi) is 4.34. The van der Waals surface area contributed by atoms with Crippen LogP contribution in [-0.4, -0.2) is 43.1 Å². The zero-order valence-electron chi connectivity index (χ0n) is 11.6. The Hall–Kier alpha value is -0.130. The van der Waals surface area contributed by atoms with Gasteiger partial charge in [-0.25, -0.2) is 8.42 Å². The zero-order valence-corrected chi connectivity index (χ0v) is 12.4. The van der Waals surface area contributed by atoms with Crippen LogP contribution in [0.3, 0.4) is 0 Å². The van der Waals surface area contributed by atoms with Crippen LogP contribution in [0.4, 0.5) is 0 Å². The van der Waals surface area contributed by atoms with Gasteiger partial charge in [-0.15, -0.1) is 0 Å². The van der Waals surface area contributed by atoms with Crippen molar-refractivity contribution >= 4 is 10.0 Å². The minimum atomic E-state index is -3.05. The lowest BCUT2D eigenvalue weighted by atomic mass is 10.0. The molecule has 0 amide bonds. The van der Waals surface area contributed by atoms with Crippen LogP contribution in [-0.2, 0) is 10.0 Å². The van der Waals surface area contributed by atoms with Crippen molar-refractivity contribution in [1.29, 1.82) is 0 Å². The van der Waals surface area contributed by atoms with Gasteiger partial charge in [-0.2, -0.15) is 4.31 Å². The molecule has 2 fully saturated rings. The van der Waals surface area contributed by atoms with Crippen LogP contribution >= 0.6 is 0 Å². The van der Waals surface area contributed by atoms with Crippen molar-refractivity contribution in [2.24, 2.45) is 0 Å². The van der Waals surface area contributed by atoms with Gasteiger partial charge in [0, 0.05) is 18.1 Å². The van der Waals surface area contributed by atoms with E-state index in [9.17, 15) is 8.42 Å². The average molecular weight is 274 g/mol. The van der Waals surface area contributed by atoms with Crippen molar-refractivity contribution < 1.29 is 8.42 Å². The van der Waals surface area contributed by atoms with Gasteiger partial charge in [-0.1, -0.05) is 0 Å². The first-order valence-electron chi connectivity index (χ1n) is 7.16. The Morgan fingerprint density at radius 1 is 1.28 bits per heavy atom. The van der Waals surface area contributed by atoms with E-state index in [1.807, 2.05) is 13.8 Å². The summed E-state index contributed by atoms with van der Waals surface area (Å²) < 4.78 is 26.2. The minimum Gasteiger partial charge on any atom is -0.314 e. The molecule has 1 saturated carbocycles. The van der Waals surface area contributed by atoms with Crippen molar-refractivity contribution in [3.8, 4) is 0 Å². The van der Waals surface area contributed by atoms with Gasteiger partial charge in [-0.05, 0) is 58.9 Å². The molecule has 0 aromatic heterocycles. The summed E-state index contributed by atoms with van der Waals surface area (Å²) in [6.07, 6.45) is 6.30. The molecule has 0 atom stereocenters. The van der Waals surface area contributed by atoms with Gasteiger partial charge in [0.15, 0.2) is 0 Å². The quantitative estimate of drug-likeness (QED) is 0.719. The first-order valence-corrected chi connectivity index (χ1v) is 8.77. The third-order valence-corrected chi connectivity index (χ3v) is 6.15. The van der Waals surface area contributed by atoms with Crippen LogP contribution in [0.5, 0.6) is 0 Å². The van der Waals surface area contributed by atoms with Crippen LogP contribution in [0.2, 0.25) is 0 Å².